The fraction of sp³-hybridized carbons (Fsp3) is 0.714. The predicted molar refractivity (Wildman–Crippen MR) is 75.8 cm³/mol. The number of nitrogens with zero attached hydrogens (tertiary/aromatic N) is 1. The van der Waals surface area contributed by atoms with Crippen molar-refractivity contribution in [1.82, 2.24) is 10.2 Å². The molecule has 17 heavy (non-hydrogen) atoms. The molecule has 0 radical (unpaired) electrons. The molecule has 3 heteroatoms. The van der Waals surface area contributed by atoms with E-state index in [4.69, 9.17) is 0 Å². The molecule has 2 atom stereocenters. The molecule has 1 N–H and O–H groups in total. The van der Waals surface area contributed by atoms with Gasteiger partial charge in [0.1, 0.15) is 0 Å². The number of rotatable bonds is 4. The van der Waals surface area contributed by atoms with E-state index in [1.165, 1.54) is 34.8 Å². The Balaban J connectivity index is 2.01. The van der Waals surface area contributed by atoms with Gasteiger partial charge in [-0.05, 0) is 64.9 Å². The molecule has 2 rings (SSSR count). The molecule has 0 saturated carbocycles. The average molecular weight is 252 g/mol. The lowest BCUT2D eigenvalue weighted by Gasteiger charge is -2.24. The van der Waals surface area contributed by atoms with Crippen LogP contribution in [-0.4, -0.2) is 31.6 Å². The first-order chi connectivity index (χ1) is 8.11. The zero-order chi connectivity index (χ0) is 12.4. The summed E-state index contributed by atoms with van der Waals surface area (Å²) in [5.41, 5.74) is 1.54. The van der Waals surface area contributed by atoms with Crippen LogP contribution < -0.4 is 5.32 Å². The van der Waals surface area contributed by atoms with Gasteiger partial charge in [-0.2, -0.15) is 0 Å². The van der Waals surface area contributed by atoms with E-state index in [1.54, 1.807) is 0 Å². The fourth-order valence-corrected chi connectivity index (χ4v) is 3.95. The molecule has 2 unspecified atom stereocenters. The zero-order valence-electron chi connectivity index (χ0n) is 11.4. The highest BCUT2D eigenvalue weighted by molar-refractivity contribution is 7.12. The van der Waals surface area contributed by atoms with Crippen LogP contribution in [0.2, 0.25) is 0 Å². The first-order valence-electron chi connectivity index (χ1n) is 6.57. The zero-order valence-corrected chi connectivity index (χ0v) is 12.2. The van der Waals surface area contributed by atoms with Gasteiger partial charge >= 0.3 is 0 Å². The molecule has 0 aromatic carbocycles. The number of hydrogen-bond donors (Lipinski definition) is 1. The third-order valence-corrected chi connectivity index (χ3v) is 4.87. The summed E-state index contributed by atoms with van der Waals surface area (Å²) in [6.45, 7) is 10.5. The standard InChI is InChI=1S/C14H24N2S/c1-10-7-14(12(3)17-10)11(2)16-6-5-13(9-16)8-15-4/h7,11,13,15H,5-6,8-9H2,1-4H3. The summed E-state index contributed by atoms with van der Waals surface area (Å²) in [5, 5.41) is 3.30. The van der Waals surface area contributed by atoms with E-state index in [9.17, 15) is 0 Å². The first-order valence-corrected chi connectivity index (χ1v) is 7.39. The molecule has 1 aromatic rings. The van der Waals surface area contributed by atoms with Crippen molar-refractivity contribution in [2.45, 2.75) is 33.2 Å². The van der Waals surface area contributed by atoms with Gasteiger partial charge in [-0.1, -0.05) is 0 Å². The summed E-state index contributed by atoms with van der Waals surface area (Å²) in [6, 6.07) is 2.96. The van der Waals surface area contributed by atoms with E-state index in [0.29, 0.717) is 6.04 Å². The van der Waals surface area contributed by atoms with Gasteiger partial charge in [0.15, 0.2) is 0 Å². The minimum absolute atomic E-state index is 0.585. The van der Waals surface area contributed by atoms with Gasteiger partial charge in [-0.15, -0.1) is 11.3 Å². The van der Waals surface area contributed by atoms with Crippen molar-refractivity contribution >= 4 is 11.3 Å². The molecule has 0 aliphatic carbocycles. The minimum Gasteiger partial charge on any atom is -0.319 e. The molecular formula is C14H24N2S. The van der Waals surface area contributed by atoms with Gasteiger partial charge in [0.05, 0.1) is 0 Å². The first kappa shape index (κ1) is 13.1. The summed E-state index contributed by atoms with van der Waals surface area (Å²) >= 11 is 1.93. The normalized spacial score (nSPS) is 23.2. The Morgan fingerprint density at radius 3 is 2.88 bits per heavy atom. The van der Waals surface area contributed by atoms with Gasteiger partial charge < -0.3 is 5.32 Å². The van der Waals surface area contributed by atoms with Crippen LogP contribution in [-0.2, 0) is 0 Å². The predicted octanol–water partition coefficient (Wildman–Crippen LogP) is 2.97. The molecule has 2 heterocycles. The number of hydrogen-bond acceptors (Lipinski definition) is 3. The monoisotopic (exact) mass is 252 g/mol. The maximum atomic E-state index is 3.30. The lowest BCUT2D eigenvalue weighted by atomic mass is 10.1. The van der Waals surface area contributed by atoms with Crippen molar-refractivity contribution < 1.29 is 0 Å². The van der Waals surface area contributed by atoms with Crippen molar-refractivity contribution in [3.8, 4) is 0 Å². The van der Waals surface area contributed by atoms with Gasteiger partial charge in [-0.3, -0.25) is 4.90 Å². The average Bonchev–Trinajstić information content (AvgIpc) is 2.85. The topological polar surface area (TPSA) is 15.3 Å². The van der Waals surface area contributed by atoms with Crippen LogP contribution in [0.4, 0.5) is 0 Å². The lowest BCUT2D eigenvalue weighted by molar-refractivity contribution is 0.252. The number of nitrogens with one attached hydrogen (secondary N) is 1. The molecular weight excluding hydrogens is 228 g/mol. The van der Waals surface area contributed by atoms with Gasteiger partial charge in [-0.25, -0.2) is 0 Å². The maximum absolute atomic E-state index is 3.30. The van der Waals surface area contributed by atoms with E-state index in [-0.39, 0.29) is 0 Å². The van der Waals surface area contributed by atoms with E-state index in [1.807, 2.05) is 11.3 Å². The van der Waals surface area contributed by atoms with Crippen LogP contribution in [0.25, 0.3) is 0 Å². The summed E-state index contributed by atoms with van der Waals surface area (Å²) in [5.74, 6) is 0.836. The van der Waals surface area contributed by atoms with Crippen molar-refractivity contribution in [2.24, 2.45) is 5.92 Å². The lowest BCUT2D eigenvalue weighted by Crippen LogP contribution is -2.27. The van der Waals surface area contributed by atoms with Crippen LogP contribution in [0.3, 0.4) is 0 Å². The second kappa shape index (κ2) is 5.51. The molecule has 1 saturated heterocycles. The summed E-state index contributed by atoms with van der Waals surface area (Å²) < 4.78 is 0. The maximum Gasteiger partial charge on any atom is 0.0331 e. The van der Waals surface area contributed by atoms with Crippen molar-refractivity contribution in [3.05, 3.63) is 21.4 Å². The second-order valence-corrected chi connectivity index (χ2v) is 6.71. The minimum atomic E-state index is 0.585. The Bertz CT molecular complexity index is 372. The Hall–Kier alpha value is -0.380. The van der Waals surface area contributed by atoms with Crippen LogP contribution in [0.1, 0.15) is 34.7 Å². The molecule has 0 amide bonds. The van der Waals surface area contributed by atoms with Crippen molar-refractivity contribution in [2.75, 3.05) is 26.7 Å². The third-order valence-electron chi connectivity index (χ3n) is 3.89. The molecule has 0 bridgehead atoms. The summed E-state index contributed by atoms with van der Waals surface area (Å²) in [4.78, 5) is 5.57. The molecule has 2 nitrogen and oxygen atoms in total. The Kier molecular flexibility index (Phi) is 4.23. The fourth-order valence-electron chi connectivity index (χ4n) is 2.93. The number of thiophene rings is 1. The second-order valence-electron chi connectivity index (χ2n) is 5.25. The molecule has 0 spiro atoms. The van der Waals surface area contributed by atoms with Crippen molar-refractivity contribution in [3.63, 3.8) is 0 Å². The van der Waals surface area contributed by atoms with Crippen LogP contribution in [0.5, 0.6) is 0 Å². The van der Waals surface area contributed by atoms with Gasteiger partial charge in [0.25, 0.3) is 0 Å². The van der Waals surface area contributed by atoms with E-state index in [2.05, 4.69) is 44.1 Å². The highest BCUT2D eigenvalue weighted by Gasteiger charge is 2.27. The molecule has 1 aliphatic rings. The Morgan fingerprint density at radius 1 is 1.53 bits per heavy atom. The quantitative estimate of drug-likeness (QED) is 0.886. The summed E-state index contributed by atoms with van der Waals surface area (Å²) in [7, 11) is 2.05. The van der Waals surface area contributed by atoms with Crippen molar-refractivity contribution in [1.29, 1.82) is 0 Å². The smallest absolute Gasteiger partial charge is 0.0331 e. The SMILES string of the molecule is CNCC1CCN(C(C)c2cc(C)sc2C)C1. The summed E-state index contributed by atoms with van der Waals surface area (Å²) in [6.07, 6.45) is 1.34. The third kappa shape index (κ3) is 2.90. The van der Waals surface area contributed by atoms with E-state index >= 15 is 0 Å². The van der Waals surface area contributed by atoms with Gasteiger partial charge in [0, 0.05) is 22.3 Å². The Morgan fingerprint density at radius 2 is 2.29 bits per heavy atom. The largest absolute Gasteiger partial charge is 0.319 e. The van der Waals surface area contributed by atoms with E-state index < -0.39 is 0 Å². The molecule has 1 fully saturated rings. The Labute approximate surface area is 109 Å². The van der Waals surface area contributed by atoms with Gasteiger partial charge in [0.2, 0.25) is 0 Å². The van der Waals surface area contributed by atoms with Crippen LogP contribution >= 0.6 is 11.3 Å². The van der Waals surface area contributed by atoms with Crippen LogP contribution in [0.15, 0.2) is 6.07 Å². The van der Waals surface area contributed by atoms with E-state index in [0.717, 1.165) is 12.5 Å². The van der Waals surface area contributed by atoms with Crippen LogP contribution in [0, 0.1) is 19.8 Å². The highest BCUT2D eigenvalue weighted by Crippen LogP contribution is 2.32. The number of aryl methyl sites for hydroxylation is 2. The molecule has 1 aromatic heterocycles. The molecule has 96 valence electrons. The number of likely N-dealkylation sites (tertiary alicyclic amines) is 1. The molecule has 1 aliphatic heterocycles. The highest BCUT2D eigenvalue weighted by atomic mass is 32.1.